The van der Waals surface area contributed by atoms with Crippen LogP contribution in [0.2, 0.25) is 0 Å². The van der Waals surface area contributed by atoms with Gasteiger partial charge in [0.05, 0.1) is 12.5 Å². The second-order valence-corrected chi connectivity index (χ2v) is 6.28. The molecule has 0 saturated heterocycles. The van der Waals surface area contributed by atoms with E-state index in [-0.39, 0.29) is 24.2 Å². The van der Waals surface area contributed by atoms with Gasteiger partial charge in [0.25, 0.3) is 5.91 Å². The van der Waals surface area contributed by atoms with Gasteiger partial charge in [0.1, 0.15) is 6.04 Å². The first-order valence-electron chi connectivity index (χ1n) is 8.35. The van der Waals surface area contributed by atoms with Crippen molar-refractivity contribution in [3.05, 3.63) is 66.2 Å². The van der Waals surface area contributed by atoms with Crippen LogP contribution in [0.3, 0.4) is 0 Å². The van der Waals surface area contributed by atoms with Gasteiger partial charge in [-0.05, 0) is 23.6 Å². The molecule has 5 nitrogen and oxygen atoms in total. The molecule has 0 saturated carbocycles. The highest BCUT2D eigenvalue weighted by Crippen LogP contribution is 2.17. The van der Waals surface area contributed by atoms with Crippen LogP contribution in [-0.4, -0.2) is 23.0 Å². The summed E-state index contributed by atoms with van der Waals surface area (Å²) < 4.78 is 0. The fourth-order valence-electron chi connectivity index (χ4n) is 2.33. The van der Waals surface area contributed by atoms with Crippen LogP contribution in [0.25, 0.3) is 0 Å². The van der Waals surface area contributed by atoms with Gasteiger partial charge in [0, 0.05) is 5.69 Å². The summed E-state index contributed by atoms with van der Waals surface area (Å²) in [6, 6.07) is 17.3. The van der Waals surface area contributed by atoms with Crippen molar-refractivity contribution in [2.24, 2.45) is 5.92 Å². The largest absolute Gasteiger partial charge is 0.392 e. The van der Waals surface area contributed by atoms with Crippen LogP contribution in [0, 0.1) is 5.92 Å². The predicted octanol–water partition coefficient (Wildman–Crippen LogP) is 2.89. The van der Waals surface area contributed by atoms with Crippen LogP contribution in [-0.2, 0) is 9.59 Å². The van der Waals surface area contributed by atoms with Crippen LogP contribution in [0.15, 0.2) is 60.7 Å². The maximum absolute atomic E-state index is 12.7. The van der Waals surface area contributed by atoms with Crippen molar-refractivity contribution in [1.29, 1.82) is 0 Å². The molecule has 0 aliphatic carbocycles. The summed E-state index contributed by atoms with van der Waals surface area (Å²) in [5, 5.41) is 15.4. The van der Waals surface area contributed by atoms with Crippen LogP contribution in [0.4, 0.5) is 5.69 Å². The van der Waals surface area contributed by atoms with Crippen LogP contribution in [0.1, 0.15) is 31.9 Å². The molecule has 2 rings (SSSR count). The molecule has 2 aromatic rings. The Morgan fingerprint density at radius 3 is 2.08 bits per heavy atom. The Labute approximate surface area is 148 Å². The van der Waals surface area contributed by atoms with Gasteiger partial charge in [-0.25, -0.2) is 0 Å². The molecular weight excluding hydrogens is 316 g/mol. The second kappa shape index (κ2) is 8.99. The lowest BCUT2D eigenvalue weighted by Gasteiger charge is -2.21. The first-order valence-corrected chi connectivity index (χ1v) is 8.35. The molecule has 2 amide bonds. The predicted molar refractivity (Wildman–Crippen MR) is 97.9 cm³/mol. The summed E-state index contributed by atoms with van der Waals surface area (Å²) in [6.07, 6.45) is -0.784. The van der Waals surface area contributed by atoms with E-state index in [2.05, 4.69) is 10.6 Å². The smallest absolute Gasteiger partial charge is 0.251 e. The molecule has 0 heterocycles. The maximum Gasteiger partial charge on any atom is 0.251 e. The zero-order valence-corrected chi connectivity index (χ0v) is 14.5. The molecular formula is C20H24N2O3. The number of aliphatic hydroxyl groups excluding tert-OH is 1. The van der Waals surface area contributed by atoms with E-state index in [0.717, 1.165) is 0 Å². The molecule has 0 radical (unpaired) electrons. The van der Waals surface area contributed by atoms with Crippen molar-refractivity contribution in [2.45, 2.75) is 32.4 Å². The van der Waals surface area contributed by atoms with Crippen molar-refractivity contribution in [2.75, 3.05) is 5.32 Å². The first-order chi connectivity index (χ1) is 12.0. The molecule has 5 heteroatoms. The monoisotopic (exact) mass is 340 g/mol. The van der Waals surface area contributed by atoms with Crippen molar-refractivity contribution >= 4 is 17.5 Å². The van der Waals surface area contributed by atoms with Gasteiger partial charge >= 0.3 is 0 Å². The number of hydrogen-bond acceptors (Lipinski definition) is 3. The maximum atomic E-state index is 12.7. The molecule has 0 aliphatic heterocycles. The van der Waals surface area contributed by atoms with E-state index in [1.807, 2.05) is 50.2 Å². The van der Waals surface area contributed by atoms with Gasteiger partial charge in [0.2, 0.25) is 5.91 Å². The quantitative estimate of drug-likeness (QED) is 0.725. The van der Waals surface area contributed by atoms with E-state index in [1.165, 1.54) is 0 Å². The summed E-state index contributed by atoms with van der Waals surface area (Å²) in [6.45, 7) is 3.68. The number of para-hydroxylation sites is 1. The number of carbonyl (C=O) groups is 2. The van der Waals surface area contributed by atoms with Crippen molar-refractivity contribution < 1.29 is 14.7 Å². The molecule has 3 N–H and O–H groups in total. The molecule has 0 bridgehead atoms. The van der Waals surface area contributed by atoms with Crippen molar-refractivity contribution in [3.63, 3.8) is 0 Å². The standard InChI is InChI=1S/C20H24N2O3/c1-14(2)17(23)13-18(24)22-19(15-9-5-3-6-10-15)20(25)21-16-11-7-4-8-12-16/h3-12,14,17,19,23H,13H2,1-2H3,(H,21,25)(H,22,24). The lowest BCUT2D eigenvalue weighted by atomic mass is 10.0. The molecule has 25 heavy (non-hydrogen) atoms. The average Bonchev–Trinajstić information content (AvgIpc) is 2.61. The Morgan fingerprint density at radius 2 is 1.52 bits per heavy atom. The summed E-state index contributed by atoms with van der Waals surface area (Å²) >= 11 is 0. The molecule has 132 valence electrons. The number of rotatable bonds is 7. The zero-order valence-electron chi connectivity index (χ0n) is 14.5. The third kappa shape index (κ3) is 5.72. The number of nitrogens with one attached hydrogen (secondary N) is 2. The molecule has 0 spiro atoms. The van der Waals surface area contributed by atoms with Gasteiger partial charge < -0.3 is 15.7 Å². The molecule has 0 aromatic heterocycles. The Hall–Kier alpha value is -2.66. The van der Waals surface area contributed by atoms with E-state index in [9.17, 15) is 14.7 Å². The minimum absolute atomic E-state index is 0.0286. The number of hydrogen-bond donors (Lipinski definition) is 3. The Bertz CT molecular complexity index is 687. The molecule has 2 atom stereocenters. The van der Waals surface area contributed by atoms with E-state index in [4.69, 9.17) is 0 Å². The number of benzene rings is 2. The average molecular weight is 340 g/mol. The topological polar surface area (TPSA) is 78.4 Å². The van der Waals surface area contributed by atoms with Crippen molar-refractivity contribution in [3.8, 4) is 0 Å². The Balaban J connectivity index is 2.13. The molecule has 0 fully saturated rings. The fourth-order valence-corrected chi connectivity index (χ4v) is 2.33. The van der Waals surface area contributed by atoms with E-state index >= 15 is 0 Å². The summed E-state index contributed by atoms with van der Waals surface area (Å²) in [7, 11) is 0. The Morgan fingerprint density at radius 1 is 0.960 bits per heavy atom. The second-order valence-electron chi connectivity index (χ2n) is 6.28. The Kier molecular flexibility index (Phi) is 6.71. The highest BCUT2D eigenvalue weighted by molar-refractivity contribution is 5.97. The third-order valence-corrected chi connectivity index (χ3v) is 3.91. The molecule has 2 unspecified atom stereocenters. The fraction of sp³-hybridized carbons (Fsp3) is 0.300. The van der Waals surface area contributed by atoms with Crippen LogP contribution >= 0.6 is 0 Å². The number of carbonyl (C=O) groups excluding carboxylic acids is 2. The van der Waals surface area contributed by atoms with Gasteiger partial charge in [-0.2, -0.15) is 0 Å². The van der Waals surface area contributed by atoms with Gasteiger partial charge in [0.15, 0.2) is 0 Å². The van der Waals surface area contributed by atoms with Gasteiger partial charge in [-0.1, -0.05) is 62.4 Å². The molecule has 2 aromatic carbocycles. The van der Waals surface area contributed by atoms with E-state index in [0.29, 0.717) is 11.3 Å². The van der Waals surface area contributed by atoms with Crippen LogP contribution in [0.5, 0.6) is 0 Å². The van der Waals surface area contributed by atoms with E-state index < -0.39 is 12.1 Å². The minimum Gasteiger partial charge on any atom is -0.392 e. The SMILES string of the molecule is CC(C)C(O)CC(=O)NC(C(=O)Nc1ccccc1)c1ccccc1. The molecule has 0 aliphatic rings. The summed E-state index contributed by atoms with van der Waals surface area (Å²) in [5.74, 6) is -0.720. The van der Waals surface area contributed by atoms with Crippen LogP contribution < -0.4 is 10.6 Å². The lowest BCUT2D eigenvalue weighted by molar-refractivity contribution is -0.128. The lowest BCUT2D eigenvalue weighted by Crippen LogP contribution is -2.38. The van der Waals surface area contributed by atoms with Gasteiger partial charge in [-0.15, -0.1) is 0 Å². The number of anilines is 1. The third-order valence-electron chi connectivity index (χ3n) is 3.91. The summed E-state index contributed by atoms with van der Waals surface area (Å²) in [5.41, 5.74) is 1.34. The van der Waals surface area contributed by atoms with Crippen molar-refractivity contribution in [1.82, 2.24) is 5.32 Å². The number of aliphatic hydroxyl groups is 1. The highest BCUT2D eigenvalue weighted by atomic mass is 16.3. The summed E-state index contributed by atoms with van der Waals surface area (Å²) in [4.78, 5) is 24.9. The minimum atomic E-state index is -0.826. The zero-order chi connectivity index (χ0) is 18.2. The highest BCUT2D eigenvalue weighted by Gasteiger charge is 2.24. The van der Waals surface area contributed by atoms with Gasteiger partial charge in [-0.3, -0.25) is 9.59 Å². The number of amides is 2. The normalized spacial score (nSPS) is 13.1. The van der Waals surface area contributed by atoms with E-state index in [1.54, 1.807) is 24.3 Å². The first kappa shape index (κ1) is 18.7.